The molecule has 33 heavy (non-hydrogen) atoms. The maximum absolute atomic E-state index is 12.0. The van der Waals surface area contributed by atoms with Crippen LogP contribution in [0.25, 0.3) is 0 Å². The van der Waals surface area contributed by atoms with Crippen LogP contribution >= 0.6 is 24.0 Å². The number of nitrogens with zero attached hydrogens (tertiary/aromatic N) is 2. The highest BCUT2D eigenvalue weighted by molar-refractivity contribution is 14.0. The number of carbonyl (C=O) groups is 2. The van der Waals surface area contributed by atoms with Crippen LogP contribution in [-0.2, 0) is 11.3 Å². The smallest absolute Gasteiger partial charge is 0.251 e. The van der Waals surface area contributed by atoms with Crippen molar-refractivity contribution >= 4 is 41.8 Å². The highest BCUT2D eigenvalue weighted by Crippen LogP contribution is 2.32. The van der Waals surface area contributed by atoms with E-state index in [1.165, 1.54) is 5.56 Å². The van der Waals surface area contributed by atoms with Crippen molar-refractivity contribution < 1.29 is 9.59 Å². The topological polar surface area (TPSA) is 99.8 Å². The van der Waals surface area contributed by atoms with Gasteiger partial charge in [-0.15, -0.1) is 24.0 Å². The van der Waals surface area contributed by atoms with Gasteiger partial charge in [-0.3, -0.25) is 9.59 Å². The van der Waals surface area contributed by atoms with E-state index in [2.05, 4.69) is 59.7 Å². The lowest BCUT2D eigenvalue weighted by Crippen LogP contribution is -2.48. The maximum Gasteiger partial charge on any atom is 0.251 e. The lowest BCUT2D eigenvalue weighted by atomic mass is 9.82. The minimum atomic E-state index is -0.567. The standard InChI is InChI=1S/C25H33N5O2.HI/c1-3-27-25(30-14-13-22(18(2)17-30)20-7-5-4-6-8-20)29-15-19-9-11-21(12-10-19)24(32)28-16-23(26)31;/h4-12,18,22H,3,13-17H2,1-2H3,(H2,26,31)(H,27,29)(H,28,32);1H. The first-order valence-electron chi connectivity index (χ1n) is 11.2. The molecule has 0 aliphatic carbocycles. The third-order valence-electron chi connectivity index (χ3n) is 5.82. The highest BCUT2D eigenvalue weighted by atomic mass is 127. The zero-order chi connectivity index (χ0) is 22.9. The van der Waals surface area contributed by atoms with Crippen LogP contribution in [0.3, 0.4) is 0 Å². The second-order valence-corrected chi connectivity index (χ2v) is 8.25. The molecule has 2 aromatic rings. The highest BCUT2D eigenvalue weighted by Gasteiger charge is 2.28. The van der Waals surface area contributed by atoms with Crippen LogP contribution in [0.2, 0.25) is 0 Å². The number of nitrogens with two attached hydrogens (primary N) is 1. The number of likely N-dealkylation sites (tertiary alicyclic amines) is 1. The minimum absolute atomic E-state index is 0. The molecule has 0 radical (unpaired) electrons. The number of rotatable bonds is 7. The molecule has 2 atom stereocenters. The van der Waals surface area contributed by atoms with Crippen LogP contribution in [0.4, 0.5) is 0 Å². The van der Waals surface area contributed by atoms with Crippen LogP contribution in [0.15, 0.2) is 59.6 Å². The monoisotopic (exact) mass is 563 g/mol. The fraction of sp³-hybridized carbons (Fsp3) is 0.400. The first kappa shape index (κ1) is 26.6. The van der Waals surface area contributed by atoms with Gasteiger partial charge >= 0.3 is 0 Å². The van der Waals surface area contributed by atoms with Crippen molar-refractivity contribution in [1.82, 2.24) is 15.5 Å². The zero-order valence-electron chi connectivity index (χ0n) is 19.3. The molecule has 0 aromatic heterocycles. The van der Waals surface area contributed by atoms with E-state index in [0.29, 0.717) is 23.9 Å². The molecule has 0 saturated carbocycles. The molecule has 1 aliphatic rings. The molecular formula is C25H34IN5O2. The molecule has 2 amide bonds. The maximum atomic E-state index is 12.0. The predicted molar refractivity (Wildman–Crippen MR) is 143 cm³/mol. The SMILES string of the molecule is CCNC(=NCc1ccc(C(=O)NCC(N)=O)cc1)N1CCC(c2ccccc2)C(C)C1.I. The van der Waals surface area contributed by atoms with E-state index in [0.717, 1.165) is 37.6 Å². The number of piperidine rings is 1. The van der Waals surface area contributed by atoms with Crippen molar-refractivity contribution in [2.24, 2.45) is 16.6 Å². The summed E-state index contributed by atoms with van der Waals surface area (Å²) in [6.45, 7) is 7.49. The first-order chi connectivity index (χ1) is 15.5. The summed E-state index contributed by atoms with van der Waals surface area (Å²) in [5.74, 6) is 1.15. The fourth-order valence-electron chi connectivity index (χ4n) is 4.16. The Morgan fingerprint density at radius 2 is 1.79 bits per heavy atom. The van der Waals surface area contributed by atoms with Crippen LogP contribution < -0.4 is 16.4 Å². The lowest BCUT2D eigenvalue weighted by Gasteiger charge is -2.39. The summed E-state index contributed by atoms with van der Waals surface area (Å²) in [5, 5.41) is 5.91. The number of halogens is 1. The molecule has 0 bridgehead atoms. The van der Waals surface area contributed by atoms with Gasteiger partial charge in [-0.25, -0.2) is 4.99 Å². The summed E-state index contributed by atoms with van der Waals surface area (Å²) in [7, 11) is 0. The summed E-state index contributed by atoms with van der Waals surface area (Å²) < 4.78 is 0. The van der Waals surface area contributed by atoms with Gasteiger partial charge in [-0.1, -0.05) is 49.4 Å². The van der Waals surface area contributed by atoms with Gasteiger partial charge in [0.05, 0.1) is 13.1 Å². The number of guanidine groups is 1. The summed E-state index contributed by atoms with van der Waals surface area (Å²) in [4.78, 5) is 30.0. The van der Waals surface area contributed by atoms with Gasteiger partial charge in [0.1, 0.15) is 0 Å². The number of primary amides is 1. The van der Waals surface area contributed by atoms with Crippen molar-refractivity contribution in [2.45, 2.75) is 32.7 Å². The third-order valence-corrected chi connectivity index (χ3v) is 5.82. The van der Waals surface area contributed by atoms with E-state index >= 15 is 0 Å². The predicted octanol–water partition coefficient (Wildman–Crippen LogP) is 3.11. The lowest BCUT2D eigenvalue weighted by molar-refractivity contribution is -0.117. The minimum Gasteiger partial charge on any atom is -0.368 e. The Morgan fingerprint density at radius 3 is 2.39 bits per heavy atom. The number of nitrogens with one attached hydrogen (secondary N) is 2. The average molecular weight is 563 g/mol. The molecule has 1 saturated heterocycles. The van der Waals surface area contributed by atoms with E-state index < -0.39 is 5.91 Å². The summed E-state index contributed by atoms with van der Waals surface area (Å²) in [5.41, 5.74) is 7.98. The van der Waals surface area contributed by atoms with Crippen LogP contribution in [0.5, 0.6) is 0 Å². The van der Waals surface area contributed by atoms with E-state index in [1.807, 2.05) is 12.1 Å². The number of hydrogen-bond acceptors (Lipinski definition) is 3. The van der Waals surface area contributed by atoms with Crippen molar-refractivity contribution in [3.05, 3.63) is 71.3 Å². The second kappa shape index (κ2) is 13.2. The quantitative estimate of drug-likeness (QED) is 0.274. The van der Waals surface area contributed by atoms with Crippen molar-refractivity contribution in [2.75, 3.05) is 26.2 Å². The van der Waals surface area contributed by atoms with Gasteiger partial charge < -0.3 is 21.3 Å². The van der Waals surface area contributed by atoms with E-state index in [4.69, 9.17) is 10.7 Å². The van der Waals surface area contributed by atoms with Crippen LogP contribution in [-0.4, -0.2) is 48.9 Å². The number of benzene rings is 2. The van der Waals surface area contributed by atoms with Crippen LogP contribution in [0.1, 0.15) is 47.7 Å². The molecule has 3 rings (SSSR count). The average Bonchev–Trinajstić information content (AvgIpc) is 2.81. The molecule has 1 aliphatic heterocycles. The van der Waals surface area contributed by atoms with Gasteiger partial charge in [0.2, 0.25) is 5.91 Å². The molecule has 4 N–H and O–H groups in total. The Bertz CT molecular complexity index is 934. The number of carbonyl (C=O) groups excluding carboxylic acids is 2. The molecular weight excluding hydrogens is 529 g/mol. The molecule has 178 valence electrons. The number of hydrogen-bond donors (Lipinski definition) is 3. The second-order valence-electron chi connectivity index (χ2n) is 8.25. The Morgan fingerprint density at radius 1 is 1.09 bits per heavy atom. The Balaban J connectivity index is 0.00000385. The molecule has 1 heterocycles. The van der Waals surface area contributed by atoms with E-state index in [9.17, 15) is 9.59 Å². The number of amides is 2. The van der Waals surface area contributed by atoms with Crippen molar-refractivity contribution in [3.63, 3.8) is 0 Å². The molecule has 1 fully saturated rings. The van der Waals surface area contributed by atoms with Crippen LogP contribution in [0, 0.1) is 5.92 Å². The Labute approximate surface area is 213 Å². The van der Waals surface area contributed by atoms with Gasteiger partial charge in [-0.05, 0) is 48.4 Å². The largest absolute Gasteiger partial charge is 0.368 e. The van der Waals surface area contributed by atoms with E-state index in [1.54, 1.807) is 12.1 Å². The summed E-state index contributed by atoms with van der Waals surface area (Å²) in [6.07, 6.45) is 1.10. The third kappa shape index (κ3) is 7.73. The summed E-state index contributed by atoms with van der Waals surface area (Å²) in [6, 6.07) is 18.0. The summed E-state index contributed by atoms with van der Waals surface area (Å²) >= 11 is 0. The molecule has 7 nitrogen and oxygen atoms in total. The molecule has 8 heteroatoms. The van der Waals surface area contributed by atoms with Gasteiger partial charge in [0, 0.05) is 25.2 Å². The fourth-order valence-corrected chi connectivity index (χ4v) is 4.16. The van der Waals surface area contributed by atoms with E-state index in [-0.39, 0.29) is 36.4 Å². The zero-order valence-corrected chi connectivity index (χ0v) is 21.6. The van der Waals surface area contributed by atoms with Gasteiger partial charge in [0.25, 0.3) is 5.91 Å². The van der Waals surface area contributed by atoms with Gasteiger partial charge in [0.15, 0.2) is 5.96 Å². The normalized spacial score (nSPS) is 18.2. The molecule has 0 spiro atoms. The first-order valence-corrected chi connectivity index (χ1v) is 11.2. The molecule has 2 unspecified atom stereocenters. The van der Waals surface area contributed by atoms with Gasteiger partial charge in [-0.2, -0.15) is 0 Å². The van der Waals surface area contributed by atoms with Crippen molar-refractivity contribution in [1.29, 1.82) is 0 Å². The van der Waals surface area contributed by atoms with Crippen molar-refractivity contribution in [3.8, 4) is 0 Å². The number of aliphatic imine (C=N–C) groups is 1. The molecule has 2 aromatic carbocycles. The Kier molecular flexibility index (Phi) is 10.6. The Hall–Kier alpha value is -2.62.